The van der Waals surface area contributed by atoms with E-state index < -0.39 is 31.3 Å². The summed E-state index contributed by atoms with van der Waals surface area (Å²) in [5.74, 6) is -0.641. The summed E-state index contributed by atoms with van der Waals surface area (Å²) >= 11 is 0. The molecule has 3 N–H and O–H groups in total. The van der Waals surface area contributed by atoms with Gasteiger partial charge in [-0.1, -0.05) is 6.07 Å². The van der Waals surface area contributed by atoms with Gasteiger partial charge in [0.15, 0.2) is 4.90 Å². The Kier molecular flexibility index (Phi) is 3.76. The summed E-state index contributed by atoms with van der Waals surface area (Å²) in [5, 5.41) is 10.9. The predicted molar refractivity (Wildman–Crippen MR) is 74.7 cm³/mol. The first-order chi connectivity index (χ1) is 9.79. The minimum atomic E-state index is -4.27. The Morgan fingerprint density at radius 1 is 1.19 bits per heavy atom. The number of nitrogens with two attached hydrogens (primary N) is 1. The normalized spacial score (nSPS) is 11.1. The molecule has 2 aromatic carbocycles. The van der Waals surface area contributed by atoms with Gasteiger partial charge in [0.2, 0.25) is 0 Å². The van der Waals surface area contributed by atoms with E-state index in [-0.39, 0.29) is 11.4 Å². The standard InChI is InChI=1S/C12H10FN3O4S/c13-8-2-1-3-10(6-8)15-21(19,20)12-7-9(14)4-5-11(12)16(17)18/h1-7,15H,14H2. The van der Waals surface area contributed by atoms with Crippen LogP contribution in [0.25, 0.3) is 0 Å². The van der Waals surface area contributed by atoms with Gasteiger partial charge in [-0.05, 0) is 30.3 Å². The highest BCUT2D eigenvalue weighted by Gasteiger charge is 2.26. The van der Waals surface area contributed by atoms with Crippen LogP contribution in [0.15, 0.2) is 47.4 Å². The minimum Gasteiger partial charge on any atom is -0.399 e. The van der Waals surface area contributed by atoms with Crippen LogP contribution < -0.4 is 10.5 Å². The van der Waals surface area contributed by atoms with Crippen molar-refractivity contribution in [3.63, 3.8) is 0 Å². The third-order valence-corrected chi connectivity index (χ3v) is 3.96. The Hall–Kier alpha value is -2.68. The molecule has 0 fully saturated rings. The minimum absolute atomic E-state index is 0.0493. The van der Waals surface area contributed by atoms with E-state index in [9.17, 15) is 22.9 Å². The summed E-state index contributed by atoms with van der Waals surface area (Å²) in [6.07, 6.45) is 0. The van der Waals surface area contributed by atoms with Crippen molar-refractivity contribution in [2.24, 2.45) is 0 Å². The fourth-order valence-electron chi connectivity index (χ4n) is 1.66. The molecular formula is C12H10FN3O4S. The number of nitrogens with zero attached hydrogens (tertiary/aromatic N) is 1. The monoisotopic (exact) mass is 311 g/mol. The molecule has 0 aromatic heterocycles. The zero-order chi connectivity index (χ0) is 15.6. The van der Waals surface area contributed by atoms with Gasteiger partial charge in [-0.15, -0.1) is 0 Å². The van der Waals surface area contributed by atoms with Crippen LogP contribution in [0.3, 0.4) is 0 Å². The molecule has 0 bridgehead atoms. The Morgan fingerprint density at radius 2 is 1.90 bits per heavy atom. The van der Waals surface area contributed by atoms with Gasteiger partial charge in [0.1, 0.15) is 5.82 Å². The molecule has 0 spiro atoms. The summed E-state index contributed by atoms with van der Waals surface area (Å²) in [7, 11) is -4.27. The molecule has 21 heavy (non-hydrogen) atoms. The molecule has 0 amide bonds. The highest BCUT2D eigenvalue weighted by Crippen LogP contribution is 2.27. The SMILES string of the molecule is Nc1ccc([N+](=O)[O-])c(S(=O)(=O)Nc2cccc(F)c2)c1. The molecule has 0 heterocycles. The largest absolute Gasteiger partial charge is 0.399 e. The topological polar surface area (TPSA) is 115 Å². The van der Waals surface area contributed by atoms with Crippen LogP contribution in [0.2, 0.25) is 0 Å². The number of halogens is 1. The third kappa shape index (κ3) is 3.26. The van der Waals surface area contributed by atoms with E-state index >= 15 is 0 Å². The molecule has 0 aliphatic carbocycles. The van der Waals surface area contributed by atoms with Crippen molar-refractivity contribution in [2.45, 2.75) is 4.90 Å². The summed E-state index contributed by atoms with van der Waals surface area (Å²) in [5.41, 5.74) is 4.86. The lowest BCUT2D eigenvalue weighted by Crippen LogP contribution is -2.15. The van der Waals surface area contributed by atoms with E-state index in [1.807, 2.05) is 0 Å². The maximum absolute atomic E-state index is 13.1. The molecular weight excluding hydrogens is 301 g/mol. The summed E-state index contributed by atoms with van der Waals surface area (Å²) in [6.45, 7) is 0. The maximum atomic E-state index is 13.1. The number of anilines is 2. The van der Waals surface area contributed by atoms with Crippen molar-refractivity contribution in [3.8, 4) is 0 Å². The Labute approximate surface area is 119 Å². The van der Waals surface area contributed by atoms with Gasteiger partial charge in [-0.2, -0.15) is 0 Å². The quantitative estimate of drug-likeness (QED) is 0.510. The van der Waals surface area contributed by atoms with Gasteiger partial charge >= 0.3 is 0 Å². The zero-order valence-electron chi connectivity index (χ0n) is 10.5. The number of benzene rings is 2. The molecule has 7 nitrogen and oxygen atoms in total. The van der Waals surface area contributed by atoms with Crippen LogP contribution in [0.1, 0.15) is 0 Å². The molecule has 0 atom stereocenters. The Balaban J connectivity index is 2.49. The smallest absolute Gasteiger partial charge is 0.290 e. The van der Waals surface area contributed by atoms with Crippen LogP contribution in [0, 0.1) is 15.9 Å². The average molecular weight is 311 g/mol. The van der Waals surface area contributed by atoms with Crippen LogP contribution >= 0.6 is 0 Å². The van der Waals surface area contributed by atoms with Crippen LogP contribution in [-0.2, 0) is 10.0 Å². The summed E-state index contributed by atoms with van der Waals surface area (Å²) in [4.78, 5) is 9.48. The number of sulfonamides is 1. The van der Waals surface area contributed by atoms with E-state index in [2.05, 4.69) is 4.72 Å². The Morgan fingerprint density at radius 3 is 2.52 bits per heavy atom. The molecule has 0 aliphatic heterocycles. The highest BCUT2D eigenvalue weighted by atomic mass is 32.2. The number of hydrogen-bond acceptors (Lipinski definition) is 5. The molecule has 110 valence electrons. The van der Waals surface area contributed by atoms with Crippen LogP contribution in [0.5, 0.6) is 0 Å². The summed E-state index contributed by atoms with van der Waals surface area (Å²) in [6, 6.07) is 7.91. The lowest BCUT2D eigenvalue weighted by molar-refractivity contribution is -0.387. The predicted octanol–water partition coefficient (Wildman–Crippen LogP) is 2.12. The van der Waals surface area contributed by atoms with Crippen molar-refractivity contribution in [1.82, 2.24) is 0 Å². The van der Waals surface area contributed by atoms with Gasteiger partial charge in [0.25, 0.3) is 15.7 Å². The van der Waals surface area contributed by atoms with Gasteiger partial charge < -0.3 is 5.73 Å². The van der Waals surface area contributed by atoms with Gasteiger partial charge in [-0.3, -0.25) is 14.8 Å². The summed E-state index contributed by atoms with van der Waals surface area (Å²) < 4.78 is 39.5. The molecule has 0 unspecified atom stereocenters. The first kappa shape index (κ1) is 14.7. The highest BCUT2D eigenvalue weighted by molar-refractivity contribution is 7.92. The first-order valence-electron chi connectivity index (χ1n) is 5.62. The number of nitro benzene ring substituents is 1. The molecule has 9 heteroatoms. The van der Waals surface area contributed by atoms with Crippen molar-refractivity contribution in [1.29, 1.82) is 0 Å². The van der Waals surface area contributed by atoms with Gasteiger partial charge in [-0.25, -0.2) is 12.8 Å². The van der Waals surface area contributed by atoms with Crippen LogP contribution in [0.4, 0.5) is 21.5 Å². The second-order valence-electron chi connectivity index (χ2n) is 4.10. The molecule has 0 saturated heterocycles. The first-order valence-corrected chi connectivity index (χ1v) is 7.10. The second-order valence-corrected chi connectivity index (χ2v) is 5.75. The van der Waals surface area contributed by atoms with E-state index in [1.165, 1.54) is 18.2 Å². The van der Waals surface area contributed by atoms with Crippen molar-refractivity contribution >= 4 is 27.1 Å². The van der Waals surface area contributed by atoms with Crippen molar-refractivity contribution < 1.29 is 17.7 Å². The van der Waals surface area contributed by atoms with Crippen molar-refractivity contribution in [3.05, 3.63) is 58.4 Å². The van der Waals surface area contributed by atoms with E-state index in [0.29, 0.717) is 0 Å². The fraction of sp³-hybridized carbons (Fsp3) is 0. The zero-order valence-corrected chi connectivity index (χ0v) is 11.3. The molecule has 2 rings (SSSR count). The molecule has 0 saturated carbocycles. The van der Waals surface area contributed by atoms with Crippen molar-refractivity contribution in [2.75, 3.05) is 10.5 Å². The van der Waals surface area contributed by atoms with Gasteiger partial charge in [0, 0.05) is 11.8 Å². The maximum Gasteiger partial charge on any atom is 0.290 e. The van der Waals surface area contributed by atoms with E-state index in [4.69, 9.17) is 5.73 Å². The van der Waals surface area contributed by atoms with E-state index in [0.717, 1.165) is 24.3 Å². The average Bonchev–Trinajstić information content (AvgIpc) is 2.37. The lowest BCUT2D eigenvalue weighted by Gasteiger charge is -2.09. The number of nitrogen functional groups attached to an aromatic ring is 1. The van der Waals surface area contributed by atoms with E-state index in [1.54, 1.807) is 0 Å². The third-order valence-electron chi connectivity index (χ3n) is 2.55. The van der Waals surface area contributed by atoms with Crippen LogP contribution in [-0.4, -0.2) is 13.3 Å². The molecule has 0 radical (unpaired) electrons. The second kappa shape index (κ2) is 5.37. The Bertz CT molecular complexity index is 808. The lowest BCUT2D eigenvalue weighted by atomic mass is 10.3. The number of hydrogen-bond donors (Lipinski definition) is 2. The van der Waals surface area contributed by atoms with Gasteiger partial charge in [0.05, 0.1) is 10.6 Å². The molecule has 0 aliphatic rings. The fourth-order valence-corrected chi connectivity index (χ4v) is 2.92. The number of rotatable bonds is 4. The number of nitro groups is 1. The number of nitrogens with one attached hydrogen (secondary N) is 1. The molecule has 2 aromatic rings.